The number of phenols is 4. The fourth-order valence-electron chi connectivity index (χ4n) is 15.0. The largest absolute Gasteiger partial charge is 0.508 e. The number of carboxylic acid groups (broad SMARTS) is 2. The molecule has 8 heterocycles. The van der Waals surface area contributed by atoms with Crippen LogP contribution >= 0.6 is 23.2 Å². The first-order valence-electron chi connectivity index (χ1n) is 38.1. The van der Waals surface area contributed by atoms with Gasteiger partial charge in [0.05, 0.1) is 28.8 Å². The van der Waals surface area contributed by atoms with E-state index >= 15 is 24.0 Å². The lowest BCUT2D eigenvalue weighted by atomic mass is 9.89. The first kappa shape index (κ1) is 85.5. The van der Waals surface area contributed by atoms with Gasteiger partial charge in [-0.15, -0.1) is 0 Å². The Morgan fingerprint density at radius 1 is 0.521 bits per heavy atom. The van der Waals surface area contributed by atoms with Gasteiger partial charge in [-0.3, -0.25) is 28.8 Å². The van der Waals surface area contributed by atoms with Crippen molar-refractivity contribution in [3.63, 3.8) is 0 Å². The molecule has 632 valence electrons. The zero-order chi connectivity index (χ0) is 85.1. The summed E-state index contributed by atoms with van der Waals surface area (Å²) in [5, 5.41) is 169. The van der Waals surface area contributed by atoms with Crippen LogP contribution in [0.25, 0.3) is 11.1 Å². The molecule has 18 atom stereocenters. The molecule has 0 aromatic heterocycles. The van der Waals surface area contributed by atoms with Gasteiger partial charge in [-0.05, 0) is 121 Å². The van der Waals surface area contributed by atoms with Crippen molar-refractivity contribution >= 4 is 70.6 Å². The average molecular weight is 1690 g/mol. The van der Waals surface area contributed by atoms with E-state index in [2.05, 4.69) is 49.5 Å². The van der Waals surface area contributed by atoms with Crippen molar-refractivity contribution in [1.29, 1.82) is 0 Å². The third-order valence-corrected chi connectivity index (χ3v) is 22.0. The fourth-order valence-corrected chi connectivity index (χ4v) is 15.5. The highest BCUT2D eigenvalue weighted by molar-refractivity contribution is 6.33. The van der Waals surface area contributed by atoms with Crippen LogP contribution in [0.5, 0.6) is 69.0 Å². The van der Waals surface area contributed by atoms with Crippen molar-refractivity contribution in [2.24, 2.45) is 0 Å². The summed E-state index contributed by atoms with van der Waals surface area (Å²) in [4.78, 5) is 121. The highest BCUT2D eigenvalue weighted by Crippen LogP contribution is 2.50. The van der Waals surface area contributed by atoms with Gasteiger partial charge in [-0.2, -0.15) is 0 Å². The molecule has 7 aromatic carbocycles. The lowest BCUT2D eigenvalue weighted by Crippen LogP contribution is -2.65. The molecule has 36 nitrogen and oxygen atoms in total. The van der Waals surface area contributed by atoms with Gasteiger partial charge in [-0.1, -0.05) is 105 Å². The second-order valence-electron chi connectivity index (χ2n) is 29.4. The second kappa shape index (κ2) is 36.5. The molecule has 0 spiro atoms. The van der Waals surface area contributed by atoms with Crippen LogP contribution in [0, 0.1) is 0 Å². The highest BCUT2D eigenvalue weighted by atomic mass is 35.5. The first-order chi connectivity index (χ1) is 56.9. The number of carbonyl (C=O) groups excluding carboxylic acids is 6. The van der Waals surface area contributed by atoms with E-state index in [0.717, 1.165) is 105 Å². The Kier molecular flexibility index (Phi) is 26.2. The summed E-state index contributed by atoms with van der Waals surface area (Å²) in [5.41, 5.74) is -3.37. The lowest BCUT2D eigenvalue weighted by molar-refractivity contribution is -0.241. The number of rotatable bonds is 18. The Morgan fingerprint density at radius 2 is 1.12 bits per heavy atom. The van der Waals surface area contributed by atoms with E-state index in [0.29, 0.717) is 12.8 Å². The molecule has 15 rings (SSSR count). The number of hydrogen-bond donors (Lipinski definition) is 21. The minimum Gasteiger partial charge on any atom is -0.508 e. The number of aliphatic carboxylic acids is 2. The number of carboxylic acids is 2. The molecule has 0 aliphatic carbocycles. The molecule has 119 heavy (non-hydrogen) atoms. The number of ether oxygens (including phenoxy) is 7. The highest BCUT2D eigenvalue weighted by Gasteiger charge is 2.51. The number of unbranched alkanes of at least 4 members (excludes halogenated alkanes) is 7. The number of benzene rings is 7. The van der Waals surface area contributed by atoms with Crippen molar-refractivity contribution in [2.45, 2.75) is 174 Å². The Labute approximate surface area is 686 Å². The van der Waals surface area contributed by atoms with Gasteiger partial charge in [0.15, 0.2) is 35.1 Å². The Bertz CT molecular complexity index is 5050. The number of aromatic hydroxyl groups is 4. The van der Waals surface area contributed by atoms with Crippen molar-refractivity contribution in [2.75, 3.05) is 20.2 Å². The van der Waals surface area contributed by atoms with Crippen LogP contribution in [0.3, 0.4) is 0 Å². The van der Waals surface area contributed by atoms with Gasteiger partial charge in [-0.25, -0.2) is 9.59 Å². The van der Waals surface area contributed by atoms with Crippen molar-refractivity contribution < 1.29 is 138 Å². The van der Waals surface area contributed by atoms with E-state index in [1.807, 2.05) is 0 Å². The molecule has 2 fully saturated rings. The van der Waals surface area contributed by atoms with Crippen molar-refractivity contribution in [3.05, 3.63) is 164 Å². The van der Waals surface area contributed by atoms with E-state index in [4.69, 9.17) is 56.4 Å². The molecule has 6 amide bonds. The van der Waals surface area contributed by atoms with E-state index in [1.165, 1.54) is 55.6 Å². The van der Waals surface area contributed by atoms with E-state index in [-0.39, 0.29) is 40.5 Å². The number of hydrogen-bond acceptors (Lipinski definition) is 28. The number of likely N-dealkylation sites (N-methyl/N-ethyl adjacent to an activating group) is 1. The van der Waals surface area contributed by atoms with Crippen LogP contribution < -0.4 is 66.2 Å². The molecule has 8 aliphatic rings. The van der Waals surface area contributed by atoms with Crippen LogP contribution in [0.15, 0.2) is 115 Å². The predicted octanol–water partition coefficient (Wildman–Crippen LogP) is 4.54. The molecular weight excluding hydrogens is 1600 g/mol. The molecule has 2 saturated heterocycles. The maximum Gasteiger partial charge on any atom is 0.335 e. The maximum atomic E-state index is 16.6. The van der Waals surface area contributed by atoms with Crippen molar-refractivity contribution in [3.8, 4) is 80.1 Å². The van der Waals surface area contributed by atoms with Crippen LogP contribution in [-0.2, 0) is 47.8 Å². The van der Waals surface area contributed by atoms with Gasteiger partial charge >= 0.3 is 11.9 Å². The average Bonchev–Trinajstić information content (AvgIpc) is 0.762. The summed E-state index contributed by atoms with van der Waals surface area (Å²) in [6.07, 6.45) is -12.6. The lowest BCUT2D eigenvalue weighted by Gasteiger charge is -2.41. The van der Waals surface area contributed by atoms with Gasteiger partial charge < -0.3 is 142 Å². The topological polar surface area (TPSA) is 560 Å². The number of fused-ring (bicyclic) bond motifs is 14. The molecule has 38 heteroatoms. The molecule has 0 saturated carbocycles. The number of aliphatic hydroxyl groups excluding tert-OH is 7. The zero-order valence-corrected chi connectivity index (χ0v) is 64.8. The molecule has 0 radical (unpaired) electrons. The number of amides is 6. The monoisotopic (exact) mass is 1690 g/mol. The first-order valence-corrected chi connectivity index (χ1v) is 38.9. The molecular formula is C81H86Cl2N8O28. The number of phenolic OH excluding ortho intramolecular Hbond substituents is 4. The number of carbonyl (C=O) groups is 8. The predicted molar refractivity (Wildman–Crippen MR) is 414 cm³/mol. The van der Waals surface area contributed by atoms with E-state index in [1.54, 1.807) is 0 Å². The van der Waals surface area contributed by atoms with E-state index in [9.17, 15) is 80.8 Å². The summed E-state index contributed by atoms with van der Waals surface area (Å²) in [7, 11) is 1.37. The van der Waals surface area contributed by atoms with Gasteiger partial charge in [0.25, 0.3) is 0 Å². The van der Waals surface area contributed by atoms with Gasteiger partial charge in [0, 0.05) is 40.8 Å². The molecule has 17 bridgehead atoms. The molecule has 8 aliphatic heterocycles. The molecule has 7 aromatic rings. The maximum absolute atomic E-state index is 16.6. The summed E-state index contributed by atoms with van der Waals surface area (Å²) >= 11 is 14.2. The summed E-state index contributed by atoms with van der Waals surface area (Å²) in [6, 6.07) is 4.05. The number of nitrogens with one attached hydrogen (secondary N) is 8. The number of halogens is 2. The SMILES string of the molecule is CCCCCCCCCCN[C@H]1[C@H](Oc2c3cc4cc2Oc2ccc(cc2Cl)[C@@H](O)[C@H]2NC(=O)[C@@H](NC)c5ccc(O)c(c5)Oc5cc(O)c(Cl)c(c5)[C@H](NC2=O)C(=O)N[C@H]4C(=O)N[C@@H]2C(=O)N[C@H](C(=O)N[C@H](C(=O)O)c4cc(O)cc(O[C@H]5C[C@@H](O)[C@H](O)[C@@H](CO)O5)c4-c4cc2ccc4O)[C@H](O)c2ccc(cc2)O3)O[C@H](C(=O)O)[C@@H](O)[C@@H]1O. The Hall–Kier alpha value is -11.4. The third-order valence-electron chi connectivity index (χ3n) is 21.3. The fraction of sp³-hybridized carbons (Fsp3) is 0.383. The summed E-state index contributed by atoms with van der Waals surface area (Å²) in [5.74, 6) is -18.6. The summed E-state index contributed by atoms with van der Waals surface area (Å²) in [6.45, 7) is 1.35. The van der Waals surface area contributed by atoms with Gasteiger partial charge in [0.2, 0.25) is 53.8 Å². The molecule has 0 unspecified atom stereocenters. The van der Waals surface area contributed by atoms with Gasteiger partial charge in [0.1, 0.15) is 113 Å². The third kappa shape index (κ3) is 18.3. The standard InChI is InChI=1S/C81H86Cl2N8O28/c1-3-4-5-6-7-8-9-10-21-85-65-69(101)70(102)72(80(111)112)119-81(65)118-71-52-25-37-26-53(71)115-49-20-15-36(23-44(49)82)67(99)64-77(107)88-61(43-29-40(30-47(96)57(43)83)114-50-24-35(14-19-46(50)95)58(84-2)73(103)90-64)76(106)87-60(37)75(105)86-59-34-13-18-45(94)41(22-34)56-42(27-38(93)28-51(56)116-55-31-48(97)68(100)54(32-92)117-55)62(79(109)110)89-78(108)63(91-74(59)104)66(98)33-11-16-39(113-52)17-12-33/h11-20,22-30,48,54-55,58-70,72,81,84-85,92-102H,3-10,21,31-32H2,1-2H3,(H,86,105)(H,87,106)(H,88,107)(H,89,108)(H,90,103)(H,91,104)(H,109,110)(H,111,112)/t48-,54-,55-,58+,59+,60-,61+,62+,63+,64-,65-,66-,67-,68+,69-,70+,72+,81-/m1/s1. The normalized spacial score (nSPS) is 26.9. The van der Waals surface area contributed by atoms with Crippen molar-refractivity contribution in [1.82, 2.24) is 42.5 Å². The molecule has 21 N–H and O–H groups in total. The number of aliphatic hydroxyl groups is 7. The van der Waals surface area contributed by atoms with Crippen LogP contribution in [0.1, 0.15) is 146 Å². The second-order valence-corrected chi connectivity index (χ2v) is 30.2. The smallest absolute Gasteiger partial charge is 0.335 e. The Balaban J connectivity index is 1.05. The van der Waals surface area contributed by atoms with Crippen LogP contribution in [-0.4, -0.2) is 201 Å². The Morgan fingerprint density at radius 3 is 1.80 bits per heavy atom. The van der Waals surface area contributed by atoms with Crippen LogP contribution in [0.2, 0.25) is 10.0 Å². The minimum absolute atomic E-state index is 0.107. The van der Waals surface area contributed by atoms with E-state index < -0.39 is 265 Å². The van der Waals surface area contributed by atoms with Crippen LogP contribution in [0.4, 0.5) is 0 Å². The zero-order valence-electron chi connectivity index (χ0n) is 63.3. The summed E-state index contributed by atoms with van der Waals surface area (Å²) < 4.78 is 44.4. The minimum atomic E-state index is -2.45. The quantitative estimate of drug-likeness (QED) is 0.0524.